The number of nitrogens with one attached hydrogen (secondary N) is 1. The van der Waals surface area contributed by atoms with Gasteiger partial charge < -0.3 is 15.2 Å². The lowest BCUT2D eigenvalue weighted by atomic mass is 9.81. The molecule has 0 aromatic heterocycles. The SMILES string of the molecule is CCCCC(F)(F)C1(O)CC[C@H]2[C@@H](CC(=O)[C@@H]2CCCCCCC(=O)NCC)O1. The monoisotopic (exact) mass is 417 g/mol. The second-order valence-corrected chi connectivity index (χ2v) is 8.63. The Balaban J connectivity index is 1.78. The first-order valence-electron chi connectivity index (χ1n) is 11.3. The van der Waals surface area contributed by atoms with Gasteiger partial charge in [-0.3, -0.25) is 9.59 Å². The van der Waals surface area contributed by atoms with E-state index < -0.39 is 24.2 Å². The van der Waals surface area contributed by atoms with Gasteiger partial charge in [-0.15, -0.1) is 0 Å². The maximum Gasteiger partial charge on any atom is 0.300 e. The van der Waals surface area contributed by atoms with E-state index in [1.165, 1.54) is 0 Å². The van der Waals surface area contributed by atoms with Crippen LogP contribution in [-0.2, 0) is 14.3 Å². The van der Waals surface area contributed by atoms with Crippen LogP contribution in [0.3, 0.4) is 0 Å². The Hall–Kier alpha value is -1.08. The first kappa shape index (κ1) is 24.2. The fourth-order valence-electron chi connectivity index (χ4n) is 4.71. The van der Waals surface area contributed by atoms with Crippen molar-refractivity contribution in [1.29, 1.82) is 0 Å². The van der Waals surface area contributed by atoms with Crippen LogP contribution in [0.2, 0.25) is 0 Å². The number of alkyl halides is 2. The molecular weight excluding hydrogens is 380 g/mol. The van der Waals surface area contributed by atoms with Crippen LogP contribution in [0.25, 0.3) is 0 Å². The minimum absolute atomic E-state index is 0.0694. The number of unbranched alkanes of at least 4 members (excludes halogenated alkanes) is 4. The Morgan fingerprint density at radius 2 is 1.97 bits per heavy atom. The molecule has 1 unspecified atom stereocenters. The molecule has 0 bridgehead atoms. The molecule has 0 spiro atoms. The molecule has 0 radical (unpaired) electrons. The predicted octanol–water partition coefficient (Wildman–Crippen LogP) is 4.36. The van der Waals surface area contributed by atoms with Crippen LogP contribution >= 0.6 is 0 Å². The van der Waals surface area contributed by atoms with Gasteiger partial charge in [0.25, 0.3) is 0 Å². The number of ether oxygens (including phenoxy) is 1. The third-order valence-electron chi connectivity index (χ3n) is 6.43. The summed E-state index contributed by atoms with van der Waals surface area (Å²) in [7, 11) is 0. The topological polar surface area (TPSA) is 75.6 Å². The van der Waals surface area contributed by atoms with Crippen LogP contribution in [0.15, 0.2) is 0 Å². The Morgan fingerprint density at radius 3 is 2.66 bits per heavy atom. The molecule has 7 heteroatoms. The highest BCUT2D eigenvalue weighted by Crippen LogP contribution is 2.49. The normalized spacial score (nSPS) is 29.7. The van der Waals surface area contributed by atoms with E-state index >= 15 is 0 Å². The average Bonchev–Trinajstić information content (AvgIpc) is 2.97. The van der Waals surface area contributed by atoms with E-state index in [1.54, 1.807) is 0 Å². The van der Waals surface area contributed by atoms with Gasteiger partial charge in [-0.1, -0.05) is 32.6 Å². The highest BCUT2D eigenvalue weighted by atomic mass is 19.3. The highest BCUT2D eigenvalue weighted by molar-refractivity contribution is 5.84. The molecule has 2 aliphatic rings. The molecule has 1 amide bonds. The van der Waals surface area contributed by atoms with Gasteiger partial charge in [0.15, 0.2) is 0 Å². The van der Waals surface area contributed by atoms with E-state index in [1.807, 2.05) is 13.8 Å². The molecule has 1 heterocycles. The van der Waals surface area contributed by atoms with Crippen molar-refractivity contribution in [3.8, 4) is 0 Å². The Bertz CT molecular complexity index is 557. The number of Topliss-reactive ketones (excluding diaryl/α,β-unsaturated/α-hetero) is 1. The quantitative estimate of drug-likeness (QED) is 0.463. The summed E-state index contributed by atoms with van der Waals surface area (Å²) < 4.78 is 34.4. The van der Waals surface area contributed by atoms with Gasteiger partial charge in [0, 0.05) is 38.1 Å². The molecule has 4 atom stereocenters. The second kappa shape index (κ2) is 10.8. The molecule has 168 valence electrons. The zero-order valence-electron chi connectivity index (χ0n) is 17.9. The third kappa shape index (κ3) is 6.20. The van der Waals surface area contributed by atoms with Crippen LogP contribution in [0.1, 0.15) is 90.9 Å². The lowest BCUT2D eigenvalue weighted by Gasteiger charge is -2.43. The zero-order chi connectivity index (χ0) is 21.5. The van der Waals surface area contributed by atoms with Gasteiger partial charge in [-0.05, 0) is 38.5 Å². The second-order valence-electron chi connectivity index (χ2n) is 8.63. The Morgan fingerprint density at radius 1 is 1.24 bits per heavy atom. The van der Waals surface area contributed by atoms with Gasteiger partial charge in [0.2, 0.25) is 11.7 Å². The van der Waals surface area contributed by atoms with Crippen molar-refractivity contribution in [2.24, 2.45) is 11.8 Å². The van der Waals surface area contributed by atoms with Gasteiger partial charge in [0.1, 0.15) is 5.78 Å². The Kier molecular flexibility index (Phi) is 9.01. The summed E-state index contributed by atoms with van der Waals surface area (Å²) in [5.41, 5.74) is 0. The lowest BCUT2D eigenvalue weighted by Crippen LogP contribution is -2.55. The van der Waals surface area contributed by atoms with Crippen LogP contribution in [-0.4, -0.2) is 41.2 Å². The first-order chi connectivity index (χ1) is 13.7. The van der Waals surface area contributed by atoms with Crippen LogP contribution in [0.5, 0.6) is 0 Å². The van der Waals surface area contributed by atoms with Gasteiger partial charge >= 0.3 is 5.92 Å². The van der Waals surface area contributed by atoms with Gasteiger partial charge in [0.05, 0.1) is 6.10 Å². The van der Waals surface area contributed by atoms with E-state index in [-0.39, 0.29) is 36.4 Å². The smallest absolute Gasteiger partial charge is 0.300 e. The van der Waals surface area contributed by atoms with Crippen LogP contribution in [0.4, 0.5) is 8.78 Å². The number of aliphatic hydroxyl groups is 1. The largest absolute Gasteiger partial charge is 0.361 e. The summed E-state index contributed by atoms with van der Waals surface area (Å²) in [4.78, 5) is 23.9. The first-order valence-corrected chi connectivity index (χ1v) is 11.3. The van der Waals surface area contributed by atoms with E-state index in [9.17, 15) is 23.5 Å². The van der Waals surface area contributed by atoms with Crippen molar-refractivity contribution in [3.63, 3.8) is 0 Å². The molecule has 1 aliphatic carbocycles. The molecule has 2 rings (SSSR count). The fourth-order valence-corrected chi connectivity index (χ4v) is 4.71. The maximum absolute atomic E-state index is 14.5. The number of hydrogen-bond acceptors (Lipinski definition) is 4. The molecule has 1 saturated carbocycles. The van der Waals surface area contributed by atoms with Crippen LogP contribution < -0.4 is 5.32 Å². The van der Waals surface area contributed by atoms with Crippen molar-refractivity contribution < 1.29 is 28.2 Å². The number of fused-ring (bicyclic) bond motifs is 1. The van der Waals surface area contributed by atoms with E-state index in [0.29, 0.717) is 32.2 Å². The molecule has 1 saturated heterocycles. The Labute approximate surface area is 173 Å². The number of amides is 1. The molecule has 2 N–H and O–H groups in total. The van der Waals surface area contributed by atoms with Crippen molar-refractivity contribution in [2.45, 2.75) is 109 Å². The van der Waals surface area contributed by atoms with Crippen molar-refractivity contribution in [2.75, 3.05) is 6.54 Å². The summed E-state index contributed by atoms with van der Waals surface area (Å²) >= 11 is 0. The predicted molar refractivity (Wildman–Crippen MR) is 107 cm³/mol. The van der Waals surface area contributed by atoms with Gasteiger partial charge in [-0.25, -0.2) is 8.78 Å². The fraction of sp³-hybridized carbons (Fsp3) is 0.909. The average molecular weight is 418 g/mol. The molecule has 29 heavy (non-hydrogen) atoms. The number of ketones is 1. The van der Waals surface area contributed by atoms with Crippen molar-refractivity contribution >= 4 is 11.7 Å². The summed E-state index contributed by atoms with van der Waals surface area (Å²) in [5, 5.41) is 13.3. The highest BCUT2D eigenvalue weighted by Gasteiger charge is 2.59. The van der Waals surface area contributed by atoms with Crippen molar-refractivity contribution in [3.05, 3.63) is 0 Å². The molecule has 0 aromatic carbocycles. The van der Waals surface area contributed by atoms with E-state index in [0.717, 1.165) is 32.1 Å². The minimum atomic E-state index is -3.29. The summed E-state index contributed by atoms with van der Waals surface area (Å²) in [6.45, 7) is 4.37. The van der Waals surface area contributed by atoms with Gasteiger partial charge in [-0.2, -0.15) is 0 Å². The minimum Gasteiger partial charge on any atom is -0.361 e. The lowest BCUT2D eigenvalue weighted by molar-refractivity contribution is -0.356. The standard InChI is InChI=1S/C22H37F2NO4/c1-3-5-13-21(23,24)22(28)14-12-17-16(18(26)15-19(17)29-22)10-8-6-7-9-11-20(27)25-4-2/h16-17,19,28H,3-15H2,1-2H3,(H,25,27)/t16-,17-,19-,22?/m1/s1. The van der Waals surface area contributed by atoms with E-state index in [2.05, 4.69) is 5.32 Å². The van der Waals surface area contributed by atoms with E-state index in [4.69, 9.17) is 4.74 Å². The number of halogens is 2. The van der Waals surface area contributed by atoms with Crippen LogP contribution in [0, 0.1) is 11.8 Å². The number of hydrogen-bond donors (Lipinski definition) is 2. The summed E-state index contributed by atoms with van der Waals surface area (Å²) in [6.07, 6.45) is 5.21. The van der Waals surface area contributed by atoms with Crippen molar-refractivity contribution in [1.82, 2.24) is 5.32 Å². The summed E-state index contributed by atoms with van der Waals surface area (Å²) in [6, 6.07) is 0. The third-order valence-corrected chi connectivity index (χ3v) is 6.43. The zero-order valence-corrected chi connectivity index (χ0v) is 17.9. The molecule has 5 nitrogen and oxygen atoms in total. The molecule has 2 fully saturated rings. The maximum atomic E-state index is 14.5. The number of carbonyl (C=O) groups excluding carboxylic acids is 2. The number of rotatable bonds is 12. The summed E-state index contributed by atoms with van der Waals surface area (Å²) in [5.74, 6) is -5.82. The molecule has 1 aliphatic heterocycles. The molecule has 0 aromatic rings. The number of carbonyl (C=O) groups is 2. The molecular formula is C22H37F2NO4.